The van der Waals surface area contributed by atoms with Gasteiger partial charge in [0.05, 0.1) is 23.2 Å². The SMILES string of the molecule is Cc1nnc(C(=O)N2CCc3[nH]cnc3[C@@H]2c2cc3c(C4CC4)cccn3n2)o1. The molecule has 0 radical (unpaired) electrons. The molecule has 1 atom stereocenters. The highest BCUT2D eigenvalue weighted by molar-refractivity contribution is 5.90. The van der Waals surface area contributed by atoms with Crippen molar-refractivity contribution in [2.45, 2.75) is 38.1 Å². The number of aryl methyl sites for hydroxylation is 1. The Morgan fingerprint density at radius 2 is 2.21 bits per heavy atom. The van der Waals surface area contributed by atoms with Crippen molar-refractivity contribution < 1.29 is 9.21 Å². The molecule has 0 unspecified atom stereocenters. The van der Waals surface area contributed by atoms with Crippen molar-refractivity contribution in [3.05, 3.63) is 65.1 Å². The second kappa shape index (κ2) is 6.00. The summed E-state index contributed by atoms with van der Waals surface area (Å²) >= 11 is 0. The lowest BCUT2D eigenvalue weighted by molar-refractivity contribution is 0.0644. The largest absolute Gasteiger partial charge is 0.417 e. The predicted octanol–water partition coefficient (Wildman–Crippen LogP) is 2.41. The van der Waals surface area contributed by atoms with Gasteiger partial charge in [0.1, 0.15) is 6.04 Å². The minimum atomic E-state index is -0.406. The number of H-pyrrole nitrogens is 1. The molecule has 4 aromatic rings. The first-order chi connectivity index (χ1) is 14.2. The van der Waals surface area contributed by atoms with Crippen LogP contribution >= 0.6 is 0 Å². The van der Waals surface area contributed by atoms with Crippen LogP contribution < -0.4 is 0 Å². The Labute approximate surface area is 165 Å². The molecule has 9 nitrogen and oxygen atoms in total. The van der Waals surface area contributed by atoms with Crippen molar-refractivity contribution in [3.63, 3.8) is 0 Å². The quantitative estimate of drug-likeness (QED) is 0.577. The summed E-state index contributed by atoms with van der Waals surface area (Å²) in [6.07, 6.45) is 6.74. The van der Waals surface area contributed by atoms with Gasteiger partial charge in [0.25, 0.3) is 0 Å². The zero-order chi connectivity index (χ0) is 19.5. The molecule has 1 amide bonds. The standard InChI is InChI=1S/C20H19N7O2/c1-11-23-24-19(29-11)20(28)26-8-6-14-17(22-10-21-14)18(26)15-9-16-13(12-4-5-12)3-2-7-27(16)25-15/h2-3,7,9-10,12,18H,4-6,8H2,1H3,(H,21,22)/t18-/m0/s1. The molecule has 0 saturated heterocycles. The van der Waals surface area contributed by atoms with E-state index in [-0.39, 0.29) is 11.8 Å². The molecule has 5 heterocycles. The fourth-order valence-electron chi connectivity index (χ4n) is 4.23. The van der Waals surface area contributed by atoms with Crippen molar-refractivity contribution in [3.8, 4) is 0 Å². The number of nitrogens with zero attached hydrogens (tertiary/aromatic N) is 6. The van der Waals surface area contributed by atoms with Gasteiger partial charge in [-0.3, -0.25) is 4.79 Å². The van der Waals surface area contributed by atoms with Gasteiger partial charge >= 0.3 is 11.8 Å². The van der Waals surface area contributed by atoms with Gasteiger partial charge in [0, 0.05) is 31.8 Å². The van der Waals surface area contributed by atoms with E-state index in [4.69, 9.17) is 9.52 Å². The lowest BCUT2D eigenvalue weighted by atomic mass is 9.99. The van der Waals surface area contributed by atoms with Crippen molar-refractivity contribution in [2.24, 2.45) is 0 Å². The Hall–Kier alpha value is -3.49. The third-order valence-corrected chi connectivity index (χ3v) is 5.75. The minimum absolute atomic E-state index is 0.00563. The van der Waals surface area contributed by atoms with Crippen LogP contribution in [0.1, 0.15) is 64.0 Å². The summed E-state index contributed by atoms with van der Waals surface area (Å²) in [5.41, 5.74) is 5.04. The van der Waals surface area contributed by atoms with E-state index in [1.54, 1.807) is 18.2 Å². The molecule has 29 heavy (non-hydrogen) atoms. The van der Waals surface area contributed by atoms with E-state index in [9.17, 15) is 4.79 Å². The van der Waals surface area contributed by atoms with Gasteiger partial charge in [-0.05, 0) is 36.5 Å². The Morgan fingerprint density at radius 1 is 1.31 bits per heavy atom. The van der Waals surface area contributed by atoms with E-state index in [0.29, 0.717) is 24.8 Å². The monoisotopic (exact) mass is 389 g/mol. The molecule has 0 spiro atoms. The number of aromatic amines is 1. The van der Waals surface area contributed by atoms with Crippen LogP contribution in [0, 0.1) is 6.92 Å². The Balaban J connectivity index is 1.48. The van der Waals surface area contributed by atoms with Crippen LogP contribution in [-0.2, 0) is 6.42 Å². The average Bonchev–Trinajstić information content (AvgIpc) is 3.12. The van der Waals surface area contributed by atoms with Gasteiger partial charge < -0.3 is 14.3 Å². The lowest BCUT2D eigenvalue weighted by Crippen LogP contribution is -2.41. The molecule has 0 aromatic carbocycles. The Bertz CT molecular complexity index is 1230. The number of aromatic nitrogens is 6. The summed E-state index contributed by atoms with van der Waals surface area (Å²) in [6, 6.07) is 5.88. The van der Waals surface area contributed by atoms with E-state index in [0.717, 1.165) is 22.6 Å². The molecule has 1 saturated carbocycles. The number of hydrogen-bond donors (Lipinski definition) is 1. The molecule has 1 N–H and O–H groups in total. The second-order valence-corrected chi connectivity index (χ2v) is 7.68. The first kappa shape index (κ1) is 16.5. The Kier molecular flexibility index (Phi) is 3.41. The fourth-order valence-corrected chi connectivity index (χ4v) is 4.23. The van der Waals surface area contributed by atoms with E-state index in [1.807, 2.05) is 16.8 Å². The molecule has 146 valence electrons. The molecular weight excluding hydrogens is 370 g/mol. The molecule has 9 heteroatoms. The van der Waals surface area contributed by atoms with Crippen molar-refractivity contribution in [1.29, 1.82) is 0 Å². The molecule has 1 aliphatic heterocycles. The normalized spacial score (nSPS) is 18.9. The maximum absolute atomic E-state index is 13.2. The first-order valence-corrected chi connectivity index (χ1v) is 9.80. The number of imidazole rings is 1. The number of nitrogens with one attached hydrogen (secondary N) is 1. The van der Waals surface area contributed by atoms with Crippen molar-refractivity contribution >= 4 is 11.4 Å². The smallest absolute Gasteiger partial charge is 0.312 e. The highest BCUT2D eigenvalue weighted by Gasteiger charge is 2.38. The van der Waals surface area contributed by atoms with Gasteiger partial charge in [0.2, 0.25) is 5.89 Å². The van der Waals surface area contributed by atoms with Gasteiger partial charge in [-0.25, -0.2) is 9.50 Å². The van der Waals surface area contributed by atoms with E-state index >= 15 is 0 Å². The van der Waals surface area contributed by atoms with E-state index < -0.39 is 6.04 Å². The van der Waals surface area contributed by atoms with Crippen LogP contribution in [-0.4, -0.2) is 47.1 Å². The molecule has 1 aliphatic carbocycles. The number of fused-ring (bicyclic) bond motifs is 2. The molecular formula is C20H19N7O2. The highest BCUT2D eigenvalue weighted by Crippen LogP contribution is 2.43. The lowest BCUT2D eigenvalue weighted by Gasteiger charge is -2.32. The summed E-state index contributed by atoms with van der Waals surface area (Å²) < 4.78 is 7.31. The third-order valence-electron chi connectivity index (χ3n) is 5.75. The Morgan fingerprint density at radius 3 is 3.00 bits per heavy atom. The summed E-state index contributed by atoms with van der Waals surface area (Å²) in [4.78, 5) is 22.6. The maximum Gasteiger partial charge on any atom is 0.312 e. The third kappa shape index (κ3) is 2.57. The van der Waals surface area contributed by atoms with Crippen LogP contribution in [0.25, 0.3) is 5.52 Å². The van der Waals surface area contributed by atoms with Crippen LogP contribution in [0.15, 0.2) is 35.1 Å². The summed E-state index contributed by atoms with van der Waals surface area (Å²) in [6.45, 7) is 2.19. The van der Waals surface area contributed by atoms with Gasteiger partial charge in [-0.2, -0.15) is 5.10 Å². The molecule has 6 rings (SSSR count). The summed E-state index contributed by atoms with van der Waals surface area (Å²) in [5.74, 6) is 0.663. The van der Waals surface area contributed by atoms with Gasteiger partial charge in [0.15, 0.2) is 0 Å². The molecule has 0 bridgehead atoms. The van der Waals surface area contributed by atoms with Crippen LogP contribution in [0.2, 0.25) is 0 Å². The van der Waals surface area contributed by atoms with E-state index in [1.165, 1.54) is 18.4 Å². The van der Waals surface area contributed by atoms with Crippen molar-refractivity contribution in [1.82, 2.24) is 34.7 Å². The highest BCUT2D eigenvalue weighted by atomic mass is 16.4. The van der Waals surface area contributed by atoms with Crippen LogP contribution in [0.4, 0.5) is 0 Å². The number of amides is 1. The topological polar surface area (TPSA) is 105 Å². The number of hydrogen-bond acceptors (Lipinski definition) is 6. The van der Waals surface area contributed by atoms with E-state index in [2.05, 4.69) is 32.3 Å². The number of carbonyl (C=O) groups excluding carboxylic acids is 1. The predicted molar refractivity (Wildman–Crippen MR) is 101 cm³/mol. The van der Waals surface area contributed by atoms with Crippen LogP contribution in [0.5, 0.6) is 0 Å². The number of rotatable bonds is 3. The second-order valence-electron chi connectivity index (χ2n) is 7.68. The van der Waals surface area contributed by atoms with Crippen molar-refractivity contribution in [2.75, 3.05) is 6.54 Å². The molecule has 1 fully saturated rings. The first-order valence-electron chi connectivity index (χ1n) is 9.80. The molecule has 4 aromatic heterocycles. The van der Waals surface area contributed by atoms with Gasteiger partial charge in [-0.15, -0.1) is 10.2 Å². The van der Waals surface area contributed by atoms with Crippen LogP contribution in [0.3, 0.4) is 0 Å². The number of pyridine rings is 1. The number of carbonyl (C=O) groups is 1. The molecule has 2 aliphatic rings. The summed E-state index contributed by atoms with van der Waals surface area (Å²) in [5, 5.41) is 12.5. The minimum Gasteiger partial charge on any atom is -0.417 e. The maximum atomic E-state index is 13.2. The zero-order valence-electron chi connectivity index (χ0n) is 15.9. The fraction of sp³-hybridized carbons (Fsp3) is 0.350. The summed E-state index contributed by atoms with van der Waals surface area (Å²) in [7, 11) is 0. The van der Waals surface area contributed by atoms with Gasteiger partial charge in [-0.1, -0.05) is 6.07 Å². The zero-order valence-corrected chi connectivity index (χ0v) is 15.9. The average molecular weight is 389 g/mol.